The van der Waals surface area contributed by atoms with Gasteiger partial charge in [-0.1, -0.05) is 6.07 Å². The van der Waals surface area contributed by atoms with Crippen LogP contribution in [0, 0.1) is 22.8 Å². The Morgan fingerprint density at radius 3 is 2.82 bits per heavy atom. The van der Waals surface area contributed by atoms with E-state index in [9.17, 15) is 15.6 Å². The van der Waals surface area contributed by atoms with Crippen molar-refractivity contribution in [3.63, 3.8) is 0 Å². The standard InChI is InChI=1S/C20H20N6O2/c1-20(2)18(27)17(15-8-13(9-21)5-6-16(15)28-20)26(12-22)19(23)25-11-14-4-3-7-24-10-14/h3-8,10,17-18,27H,11H2,1-2H3,(H2,23,25). The lowest BCUT2D eigenvalue weighted by Gasteiger charge is -2.44. The van der Waals surface area contributed by atoms with E-state index in [1.54, 1.807) is 50.5 Å². The molecule has 0 aliphatic carbocycles. The molecule has 8 nitrogen and oxygen atoms in total. The van der Waals surface area contributed by atoms with E-state index in [1.807, 2.05) is 12.3 Å². The number of nitriles is 2. The van der Waals surface area contributed by atoms with Crippen molar-refractivity contribution in [3.8, 4) is 18.0 Å². The van der Waals surface area contributed by atoms with Gasteiger partial charge in [-0.05, 0) is 43.7 Å². The third-order valence-corrected chi connectivity index (χ3v) is 4.62. The maximum absolute atomic E-state index is 10.9. The van der Waals surface area contributed by atoms with Crippen molar-refractivity contribution >= 4 is 5.96 Å². The van der Waals surface area contributed by atoms with E-state index in [0.29, 0.717) is 16.9 Å². The monoisotopic (exact) mass is 376 g/mol. The second kappa shape index (κ2) is 7.55. The highest BCUT2D eigenvalue weighted by atomic mass is 16.5. The van der Waals surface area contributed by atoms with E-state index in [1.165, 1.54) is 0 Å². The summed E-state index contributed by atoms with van der Waals surface area (Å²) in [6.07, 6.45) is 4.25. The predicted molar refractivity (Wildman–Crippen MR) is 102 cm³/mol. The van der Waals surface area contributed by atoms with E-state index in [2.05, 4.69) is 16.0 Å². The summed E-state index contributed by atoms with van der Waals surface area (Å²) >= 11 is 0. The molecule has 1 aliphatic heterocycles. The molecule has 28 heavy (non-hydrogen) atoms. The maximum Gasteiger partial charge on any atom is 0.205 e. The lowest BCUT2D eigenvalue weighted by molar-refractivity contribution is -0.0751. The molecule has 3 N–H and O–H groups in total. The predicted octanol–water partition coefficient (Wildman–Crippen LogP) is 1.82. The van der Waals surface area contributed by atoms with Gasteiger partial charge in [0.05, 0.1) is 18.2 Å². The van der Waals surface area contributed by atoms with Crippen LogP contribution in [0.15, 0.2) is 47.7 Å². The molecule has 2 heterocycles. The molecule has 142 valence electrons. The number of rotatable bonds is 3. The highest BCUT2D eigenvalue weighted by molar-refractivity contribution is 5.80. The van der Waals surface area contributed by atoms with Gasteiger partial charge in [-0.25, -0.2) is 9.89 Å². The molecule has 2 atom stereocenters. The minimum atomic E-state index is -1.08. The third-order valence-electron chi connectivity index (χ3n) is 4.62. The quantitative estimate of drug-likeness (QED) is 0.361. The van der Waals surface area contributed by atoms with E-state index >= 15 is 0 Å². The molecule has 0 amide bonds. The first kappa shape index (κ1) is 19.2. The molecule has 1 aromatic heterocycles. The number of aliphatic hydroxyl groups is 1. The summed E-state index contributed by atoms with van der Waals surface area (Å²) in [5.41, 5.74) is 6.87. The number of fused-ring (bicyclic) bond motifs is 1. The van der Waals surface area contributed by atoms with E-state index in [4.69, 9.17) is 10.5 Å². The minimum absolute atomic E-state index is 0.0404. The van der Waals surface area contributed by atoms with Gasteiger partial charge in [0.2, 0.25) is 5.96 Å². The van der Waals surface area contributed by atoms with Crippen molar-refractivity contribution in [3.05, 3.63) is 59.4 Å². The van der Waals surface area contributed by atoms with Crippen molar-refractivity contribution in [2.45, 2.75) is 38.1 Å². The maximum atomic E-state index is 10.9. The first-order valence-corrected chi connectivity index (χ1v) is 8.66. The summed E-state index contributed by atoms with van der Waals surface area (Å²) in [4.78, 5) is 9.46. The van der Waals surface area contributed by atoms with E-state index in [0.717, 1.165) is 10.5 Å². The van der Waals surface area contributed by atoms with Crippen LogP contribution in [0.25, 0.3) is 0 Å². The molecule has 1 aromatic carbocycles. The average molecular weight is 376 g/mol. The summed E-state index contributed by atoms with van der Waals surface area (Å²) in [5.74, 6) is 0.445. The summed E-state index contributed by atoms with van der Waals surface area (Å²) < 4.78 is 5.88. The molecular weight excluding hydrogens is 356 g/mol. The molecule has 0 fully saturated rings. The van der Waals surface area contributed by atoms with Crippen molar-refractivity contribution in [2.24, 2.45) is 10.7 Å². The Hall–Kier alpha value is -3.62. The SMILES string of the molecule is CC1(C)Oc2ccc(C#N)cc2C(N(C#N)C(N)=NCc2cccnc2)C1O. The van der Waals surface area contributed by atoms with Crippen LogP contribution in [0.3, 0.4) is 0 Å². The van der Waals surface area contributed by atoms with Gasteiger partial charge >= 0.3 is 0 Å². The van der Waals surface area contributed by atoms with Gasteiger partial charge < -0.3 is 15.6 Å². The Labute approximate surface area is 163 Å². The molecule has 0 bridgehead atoms. The lowest BCUT2D eigenvalue weighted by Crippen LogP contribution is -2.54. The third kappa shape index (κ3) is 3.59. The van der Waals surface area contributed by atoms with Crippen molar-refractivity contribution < 1.29 is 9.84 Å². The van der Waals surface area contributed by atoms with Crippen LogP contribution >= 0.6 is 0 Å². The lowest BCUT2D eigenvalue weighted by atomic mass is 9.85. The number of nitrogens with zero attached hydrogens (tertiary/aromatic N) is 5. The number of benzene rings is 1. The molecule has 0 saturated carbocycles. The van der Waals surface area contributed by atoms with Crippen LogP contribution in [0.5, 0.6) is 5.75 Å². The minimum Gasteiger partial charge on any atom is -0.485 e. The van der Waals surface area contributed by atoms with Gasteiger partial charge in [-0.2, -0.15) is 10.5 Å². The molecule has 1 aliphatic rings. The largest absolute Gasteiger partial charge is 0.485 e. The first-order valence-electron chi connectivity index (χ1n) is 8.66. The molecule has 0 radical (unpaired) electrons. The zero-order chi connectivity index (χ0) is 20.3. The number of aromatic nitrogens is 1. The number of aliphatic imine (C=N–C) groups is 1. The Balaban J connectivity index is 2.01. The van der Waals surface area contributed by atoms with Crippen molar-refractivity contribution in [1.29, 1.82) is 10.5 Å². The van der Waals surface area contributed by atoms with Crippen LogP contribution in [0.4, 0.5) is 0 Å². The van der Waals surface area contributed by atoms with Gasteiger partial charge in [0, 0.05) is 18.0 Å². The van der Waals surface area contributed by atoms with E-state index < -0.39 is 17.7 Å². The van der Waals surface area contributed by atoms with Crippen molar-refractivity contribution in [1.82, 2.24) is 9.88 Å². The van der Waals surface area contributed by atoms with E-state index in [-0.39, 0.29) is 12.5 Å². The van der Waals surface area contributed by atoms with Crippen LogP contribution in [0.1, 0.15) is 36.6 Å². The number of nitrogens with two attached hydrogens (primary N) is 1. The van der Waals surface area contributed by atoms with Gasteiger partial charge in [-0.15, -0.1) is 0 Å². The van der Waals surface area contributed by atoms with Crippen LogP contribution in [0.2, 0.25) is 0 Å². The summed E-state index contributed by atoms with van der Waals surface area (Å²) in [6.45, 7) is 3.69. The zero-order valence-electron chi connectivity index (χ0n) is 15.6. The molecule has 2 aromatic rings. The topological polar surface area (TPSA) is 132 Å². The van der Waals surface area contributed by atoms with Crippen LogP contribution in [-0.2, 0) is 6.54 Å². The first-order chi connectivity index (χ1) is 13.4. The number of hydrogen-bond acceptors (Lipinski definition) is 6. The Morgan fingerprint density at radius 1 is 1.39 bits per heavy atom. The summed E-state index contributed by atoms with van der Waals surface area (Å²) in [5, 5.41) is 29.9. The summed E-state index contributed by atoms with van der Waals surface area (Å²) in [6, 6.07) is 9.73. The average Bonchev–Trinajstić information content (AvgIpc) is 2.70. The second-order valence-corrected chi connectivity index (χ2v) is 6.97. The second-order valence-electron chi connectivity index (χ2n) is 6.97. The zero-order valence-corrected chi connectivity index (χ0v) is 15.6. The smallest absolute Gasteiger partial charge is 0.205 e. The van der Waals surface area contributed by atoms with Gasteiger partial charge in [0.1, 0.15) is 23.5 Å². The fourth-order valence-corrected chi connectivity index (χ4v) is 3.11. The Kier molecular flexibility index (Phi) is 5.16. The van der Waals surface area contributed by atoms with Crippen LogP contribution in [-0.4, -0.2) is 32.7 Å². The van der Waals surface area contributed by atoms with Gasteiger partial charge in [-0.3, -0.25) is 4.98 Å². The molecular formula is C20H20N6O2. The fraction of sp³-hybridized carbons (Fsp3) is 0.300. The van der Waals surface area contributed by atoms with Gasteiger partial charge in [0.15, 0.2) is 6.19 Å². The normalized spacial score (nSPS) is 20.2. The van der Waals surface area contributed by atoms with Crippen molar-refractivity contribution in [2.75, 3.05) is 0 Å². The number of hydrogen-bond donors (Lipinski definition) is 2. The van der Waals surface area contributed by atoms with Crippen LogP contribution < -0.4 is 10.5 Å². The highest BCUT2D eigenvalue weighted by Crippen LogP contribution is 2.43. The fourth-order valence-electron chi connectivity index (χ4n) is 3.11. The molecule has 0 saturated heterocycles. The molecule has 3 rings (SSSR count). The Bertz CT molecular complexity index is 974. The number of guanidine groups is 1. The number of ether oxygens (including phenoxy) is 1. The molecule has 8 heteroatoms. The summed E-state index contributed by atoms with van der Waals surface area (Å²) in [7, 11) is 0. The van der Waals surface area contributed by atoms with Gasteiger partial charge in [0.25, 0.3) is 0 Å². The number of pyridine rings is 1. The molecule has 0 spiro atoms. The highest BCUT2D eigenvalue weighted by Gasteiger charge is 2.46. The number of aliphatic hydroxyl groups excluding tert-OH is 1. The Morgan fingerprint density at radius 2 is 2.18 bits per heavy atom. The molecule has 2 unspecified atom stereocenters.